The Balaban J connectivity index is 1.40. The number of amides is 1. The lowest BCUT2D eigenvalue weighted by atomic mass is 10.0. The van der Waals surface area contributed by atoms with Gasteiger partial charge in [0, 0.05) is 32.2 Å². The molecule has 1 atom stereocenters. The second-order valence-electron chi connectivity index (χ2n) is 5.94. The number of aryl methyl sites for hydroxylation is 1. The van der Waals surface area contributed by atoms with E-state index in [0.29, 0.717) is 18.5 Å². The van der Waals surface area contributed by atoms with Gasteiger partial charge in [0.15, 0.2) is 5.82 Å². The summed E-state index contributed by atoms with van der Waals surface area (Å²) in [5.74, 6) is 1.55. The highest BCUT2D eigenvalue weighted by molar-refractivity contribution is 5.81. The first kappa shape index (κ1) is 15.4. The normalized spacial score (nSPS) is 23.1. The van der Waals surface area contributed by atoms with Crippen molar-refractivity contribution in [2.24, 2.45) is 0 Å². The van der Waals surface area contributed by atoms with E-state index in [1.165, 1.54) is 0 Å². The Hall–Kier alpha value is -1.47. The van der Waals surface area contributed by atoms with Crippen LogP contribution in [0.1, 0.15) is 44.3 Å². The van der Waals surface area contributed by atoms with Crippen LogP contribution in [0.4, 0.5) is 0 Å². The highest BCUT2D eigenvalue weighted by atomic mass is 16.5. The first-order valence-electron chi connectivity index (χ1n) is 8.21. The topological polar surface area (TPSA) is 80.5 Å². The Bertz CT molecular complexity index is 491. The van der Waals surface area contributed by atoms with Gasteiger partial charge in [-0.1, -0.05) is 12.1 Å². The largest absolute Gasteiger partial charge is 0.368 e. The third kappa shape index (κ3) is 3.64. The zero-order valence-corrected chi connectivity index (χ0v) is 13.1. The number of hydrogen-bond donors (Lipinski definition) is 1. The Labute approximate surface area is 130 Å². The minimum atomic E-state index is -0.199. The van der Waals surface area contributed by atoms with Crippen LogP contribution in [0, 0.1) is 0 Å². The summed E-state index contributed by atoms with van der Waals surface area (Å²) in [6.07, 6.45) is 4.36. The third-order valence-corrected chi connectivity index (χ3v) is 4.38. The van der Waals surface area contributed by atoms with Crippen molar-refractivity contribution in [3.63, 3.8) is 0 Å². The van der Waals surface area contributed by atoms with Gasteiger partial charge in [0.05, 0.1) is 6.54 Å². The Morgan fingerprint density at radius 2 is 2.18 bits per heavy atom. The van der Waals surface area contributed by atoms with Crippen LogP contribution in [-0.4, -0.2) is 52.8 Å². The average Bonchev–Trinajstić information content (AvgIpc) is 3.24. The molecule has 1 aromatic heterocycles. The molecule has 0 aliphatic carbocycles. The molecule has 2 aliphatic heterocycles. The summed E-state index contributed by atoms with van der Waals surface area (Å²) in [7, 11) is 0. The lowest BCUT2D eigenvalue weighted by molar-refractivity contribution is -0.142. The molecule has 0 spiro atoms. The maximum absolute atomic E-state index is 12.3. The molecule has 1 amide bonds. The van der Waals surface area contributed by atoms with Gasteiger partial charge in [0.25, 0.3) is 5.91 Å². The predicted molar refractivity (Wildman–Crippen MR) is 79.1 cm³/mol. The van der Waals surface area contributed by atoms with Crippen LogP contribution in [-0.2, 0) is 22.5 Å². The van der Waals surface area contributed by atoms with Gasteiger partial charge >= 0.3 is 0 Å². The number of likely N-dealkylation sites (tertiary alicyclic amines) is 1. The van der Waals surface area contributed by atoms with Crippen LogP contribution in [0.2, 0.25) is 0 Å². The van der Waals surface area contributed by atoms with Gasteiger partial charge in [0.2, 0.25) is 5.89 Å². The number of carbonyl (C=O) groups excluding carboxylic acids is 1. The summed E-state index contributed by atoms with van der Waals surface area (Å²) >= 11 is 0. The van der Waals surface area contributed by atoms with E-state index in [0.717, 1.165) is 57.6 Å². The fourth-order valence-electron chi connectivity index (χ4n) is 3.02. The van der Waals surface area contributed by atoms with Crippen LogP contribution in [0.25, 0.3) is 0 Å². The van der Waals surface area contributed by atoms with Crippen LogP contribution in [0.3, 0.4) is 0 Å². The maximum atomic E-state index is 12.3. The number of piperidine rings is 1. The minimum absolute atomic E-state index is 0.167. The number of nitrogens with zero attached hydrogens (tertiary/aromatic N) is 3. The first-order valence-corrected chi connectivity index (χ1v) is 8.21. The van der Waals surface area contributed by atoms with Crippen molar-refractivity contribution in [2.45, 2.75) is 57.7 Å². The summed E-state index contributed by atoms with van der Waals surface area (Å²) in [5, 5.41) is 7.32. The van der Waals surface area contributed by atoms with E-state index >= 15 is 0 Å². The highest BCUT2D eigenvalue weighted by Gasteiger charge is 2.30. The van der Waals surface area contributed by atoms with Gasteiger partial charge in [-0.15, -0.1) is 0 Å². The first-order chi connectivity index (χ1) is 10.8. The van der Waals surface area contributed by atoms with Crippen molar-refractivity contribution < 1.29 is 14.1 Å². The van der Waals surface area contributed by atoms with Crippen molar-refractivity contribution in [3.8, 4) is 0 Å². The van der Waals surface area contributed by atoms with Crippen molar-refractivity contribution in [3.05, 3.63) is 11.7 Å². The summed E-state index contributed by atoms with van der Waals surface area (Å²) in [6.45, 7) is 4.90. The van der Waals surface area contributed by atoms with E-state index in [1.54, 1.807) is 0 Å². The number of aromatic nitrogens is 2. The fourth-order valence-corrected chi connectivity index (χ4v) is 3.02. The molecule has 3 heterocycles. The Morgan fingerprint density at radius 1 is 1.36 bits per heavy atom. The molecule has 0 aromatic carbocycles. The van der Waals surface area contributed by atoms with Gasteiger partial charge in [0.1, 0.15) is 6.10 Å². The van der Waals surface area contributed by atoms with E-state index in [-0.39, 0.29) is 12.0 Å². The molecular formula is C15H24N4O3. The highest BCUT2D eigenvalue weighted by Crippen LogP contribution is 2.18. The summed E-state index contributed by atoms with van der Waals surface area (Å²) < 4.78 is 10.6. The van der Waals surface area contributed by atoms with Gasteiger partial charge in [-0.3, -0.25) is 4.79 Å². The number of hydrogen-bond acceptors (Lipinski definition) is 6. The van der Waals surface area contributed by atoms with Crippen LogP contribution < -0.4 is 5.32 Å². The van der Waals surface area contributed by atoms with Crippen LogP contribution >= 0.6 is 0 Å². The lowest BCUT2D eigenvalue weighted by Gasteiger charge is -2.33. The van der Waals surface area contributed by atoms with Crippen molar-refractivity contribution in [1.29, 1.82) is 0 Å². The Morgan fingerprint density at radius 3 is 2.82 bits per heavy atom. The number of rotatable bonds is 5. The summed E-state index contributed by atoms with van der Waals surface area (Å²) in [4.78, 5) is 18.5. The quantitative estimate of drug-likeness (QED) is 0.870. The summed E-state index contributed by atoms with van der Waals surface area (Å²) in [5.41, 5.74) is 0. The van der Waals surface area contributed by atoms with Gasteiger partial charge in [-0.2, -0.15) is 4.98 Å². The lowest BCUT2D eigenvalue weighted by Crippen LogP contribution is -2.47. The van der Waals surface area contributed by atoms with Crippen LogP contribution in [0.15, 0.2) is 4.52 Å². The zero-order valence-electron chi connectivity index (χ0n) is 13.1. The molecule has 0 unspecified atom stereocenters. The number of nitrogens with one attached hydrogen (secondary N) is 1. The number of carbonyl (C=O) groups is 1. The van der Waals surface area contributed by atoms with Crippen molar-refractivity contribution in [1.82, 2.24) is 20.4 Å². The molecule has 7 heteroatoms. The molecule has 0 saturated carbocycles. The van der Waals surface area contributed by atoms with Crippen molar-refractivity contribution in [2.75, 3.05) is 19.7 Å². The van der Waals surface area contributed by atoms with Gasteiger partial charge in [-0.25, -0.2) is 0 Å². The SMILES string of the molecule is CCc1noc(CNC2CCN(C(=O)[C@@H]3CCCO3)CC2)n1. The molecule has 3 rings (SSSR count). The molecule has 22 heavy (non-hydrogen) atoms. The summed E-state index contributed by atoms with van der Waals surface area (Å²) in [6, 6.07) is 0.394. The van der Waals surface area contributed by atoms with Gasteiger partial charge < -0.3 is 19.5 Å². The predicted octanol–water partition coefficient (Wildman–Crippen LogP) is 0.892. The van der Waals surface area contributed by atoms with Crippen LogP contribution in [0.5, 0.6) is 0 Å². The standard InChI is InChI=1S/C15H24N4O3/c1-2-13-17-14(22-18-13)10-16-11-5-7-19(8-6-11)15(20)12-4-3-9-21-12/h11-12,16H,2-10H2,1H3/t12-/m0/s1. The van der Waals surface area contributed by atoms with Gasteiger partial charge in [-0.05, 0) is 25.7 Å². The maximum Gasteiger partial charge on any atom is 0.251 e. The molecular weight excluding hydrogens is 284 g/mol. The number of ether oxygens (including phenoxy) is 1. The fraction of sp³-hybridized carbons (Fsp3) is 0.800. The molecule has 7 nitrogen and oxygen atoms in total. The van der Waals surface area contributed by atoms with E-state index in [2.05, 4.69) is 15.5 Å². The second-order valence-corrected chi connectivity index (χ2v) is 5.94. The van der Waals surface area contributed by atoms with E-state index in [9.17, 15) is 4.79 Å². The van der Waals surface area contributed by atoms with E-state index in [1.807, 2.05) is 11.8 Å². The molecule has 0 bridgehead atoms. The molecule has 2 aliphatic rings. The van der Waals surface area contributed by atoms with E-state index < -0.39 is 0 Å². The molecule has 122 valence electrons. The molecule has 0 radical (unpaired) electrons. The molecule has 2 saturated heterocycles. The zero-order chi connectivity index (χ0) is 15.4. The van der Waals surface area contributed by atoms with E-state index in [4.69, 9.17) is 9.26 Å². The van der Waals surface area contributed by atoms with Crippen molar-refractivity contribution >= 4 is 5.91 Å². The molecule has 2 fully saturated rings. The second kappa shape index (κ2) is 7.19. The average molecular weight is 308 g/mol. The molecule has 1 aromatic rings. The smallest absolute Gasteiger partial charge is 0.251 e. The monoisotopic (exact) mass is 308 g/mol. The minimum Gasteiger partial charge on any atom is -0.368 e. The molecule has 1 N–H and O–H groups in total. The third-order valence-electron chi connectivity index (χ3n) is 4.38. The Kier molecular flexibility index (Phi) is 5.04.